The number of alkyl halides is 3. The number of benzene rings is 1. The van der Waals surface area contributed by atoms with Crippen LogP contribution in [0.2, 0.25) is 0 Å². The van der Waals surface area contributed by atoms with Crippen molar-refractivity contribution in [2.75, 3.05) is 25.0 Å². The predicted molar refractivity (Wildman–Crippen MR) is 72.0 cm³/mol. The molecule has 0 bridgehead atoms. The quantitative estimate of drug-likeness (QED) is 0.929. The smallest absolute Gasteiger partial charge is 0.406 e. The van der Waals surface area contributed by atoms with Crippen molar-refractivity contribution >= 4 is 11.6 Å². The standard InChI is InChI=1S/C14H17F3N2O2/c15-14(16,17)21-12-6-4-11(5-7-12)18-10-13(20)19-8-2-1-3-9-19/h4-7,18H,1-3,8-10H2. The number of carbonyl (C=O) groups is 1. The van der Waals surface area contributed by atoms with Crippen molar-refractivity contribution in [1.82, 2.24) is 4.90 Å². The van der Waals surface area contributed by atoms with Gasteiger partial charge >= 0.3 is 6.36 Å². The Morgan fingerprint density at radius 1 is 1.14 bits per heavy atom. The topological polar surface area (TPSA) is 41.6 Å². The zero-order valence-electron chi connectivity index (χ0n) is 11.4. The number of ether oxygens (including phenoxy) is 1. The van der Waals surface area contributed by atoms with Gasteiger partial charge in [0.05, 0.1) is 6.54 Å². The maximum absolute atomic E-state index is 12.0. The molecule has 21 heavy (non-hydrogen) atoms. The highest BCUT2D eigenvalue weighted by Gasteiger charge is 2.30. The number of anilines is 1. The van der Waals surface area contributed by atoms with Crippen LogP contribution in [0.25, 0.3) is 0 Å². The SMILES string of the molecule is O=C(CNc1ccc(OC(F)(F)F)cc1)N1CCCCC1. The molecule has 1 aliphatic rings. The van der Waals surface area contributed by atoms with Gasteiger partial charge in [-0.3, -0.25) is 4.79 Å². The lowest BCUT2D eigenvalue weighted by Gasteiger charge is -2.26. The summed E-state index contributed by atoms with van der Waals surface area (Å²) in [6, 6.07) is 5.32. The average molecular weight is 302 g/mol. The number of rotatable bonds is 4. The molecule has 4 nitrogen and oxygen atoms in total. The minimum Gasteiger partial charge on any atom is -0.406 e. The second kappa shape index (κ2) is 6.69. The van der Waals surface area contributed by atoms with E-state index >= 15 is 0 Å². The van der Waals surface area contributed by atoms with Crippen LogP contribution >= 0.6 is 0 Å². The fourth-order valence-electron chi connectivity index (χ4n) is 2.21. The minimum absolute atomic E-state index is 0.00492. The van der Waals surface area contributed by atoms with Gasteiger partial charge in [0.2, 0.25) is 5.91 Å². The maximum atomic E-state index is 12.0. The second-order valence-corrected chi connectivity index (χ2v) is 4.87. The number of carbonyl (C=O) groups excluding carboxylic acids is 1. The van der Waals surface area contributed by atoms with E-state index in [9.17, 15) is 18.0 Å². The highest BCUT2D eigenvalue weighted by atomic mass is 19.4. The molecule has 0 saturated carbocycles. The molecule has 1 aromatic rings. The number of halogens is 3. The molecule has 0 spiro atoms. The number of nitrogens with zero attached hydrogens (tertiary/aromatic N) is 1. The molecule has 116 valence electrons. The summed E-state index contributed by atoms with van der Waals surface area (Å²) in [4.78, 5) is 13.7. The zero-order chi connectivity index (χ0) is 15.3. The van der Waals surface area contributed by atoms with Gasteiger partial charge in [-0.25, -0.2) is 0 Å². The van der Waals surface area contributed by atoms with Gasteiger partial charge in [0, 0.05) is 18.8 Å². The molecule has 1 heterocycles. The highest BCUT2D eigenvalue weighted by molar-refractivity contribution is 5.80. The van der Waals surface area contributed by atoms with Gasteiger partial charge in [0.15, 0.2) is 0 Å². The van der Waals surface area contributed by atoms with Gasteiger partial charge in [-0.1, -0.05) is 0 Å². The van der Waals surface area contributed by atoms with Crippen LogP contribution in [0, 0.1) is 0 Å². The van der Waals surface area contributed by atoms with Crippen LogP contribution < -0.4 is 10.1 Å². The van der Waals surface area contributed by atoms with Gasteiger partial charge in [-0.15, -0.1) is 13.2 Å². The van der Waals surface area contributed by atoms with E-state index in [1.54, 1.807) is 4.90 Å². The van der Waals surface area contributed by atoms with Crippen molar-refractivity contribution in [3.05, 3.63) is 24.3 Å². The molecule has 1 aromatic carbocycles. The Balaban J connectivity index is 1.81. The summed E-state index contributed by atoms with van der Waals surface area (Å²) < 4.78 is 39.8. The molecule has 0 aliphatic carbocycles. The van der Waals surface area contributed by atoms with Gasteiger partial charge in [0.25, 0.3) is 0 Å². The lowest BCUT2D eigenvalue weighted by Crippen LogP contribution is -2.39. The molecule has 7 heteroatoms. The number of piperidine rings is 1. The van der Waals surface area contributed by atoms with Gasteiger partial charge in [0.1, 0.15) is 5.75 Å². The van der Waals surface area contributed by atoms with Crippen LogP contribution in [0.1, 0.15) is 19.3 Å². The van der Waals surface area contributed by atoms with E-state index in [1.807, 2.05) is 0 Å². The summed E-state index contributed by atoms with van der Waals surface area (Å²) in [6.45, 7) is 1.69. The first kappa shape index (κ1) is 15.5. The second-order valence-electron chi connectivity index (χ2n) is 4.87. The van der Waals surface area contributed by atoms with Crippen molar-refractivity contribution in [2.45, 2.75) is 25.6 Å². The van der Waals surface area contributed by atoms with Gasteiger partial charge in [-0.2, -0.15) is 0 Å². The lowest BCUT2D eigenvalue weighted by molar-refractivity contribution is -0.274. The fraction of sp³-hybridized carbons (Fsp3) is 0.500. The fourth-order valence-corrected chi connectivity index (χ4v) is 2.21. The number of hydrogen-bond acceptors (Lipinski definition) is 3. The zero-order valence-corrected chi connectivity index (χ0v) is 11.4. The molecule has 2 rings (SSSR count). The van der Waals surface area contributed by atoms with E-state index in [0.29, 0.717) is 5.69 Å². The largest absolute Gasteiger partial charge is 0.573 e. The first-order valence-corrected chi connectivity index (χ1v) is 6.81. The Labute approximate surface area is 120 Å². The molecular formula is C14H17F3N2O2. The third-order valence-electron chi connectivity index (χ3n) is 3.24. The van der Waals surface area contributed by atoms with Crippen LogP contribution in [0.4, 0.5) is 18.9 Å². The molecule has 1 N–H and O–H groups in total. The maximum Gasteiger partial charge on any atom is 0.573 e. The van der Waals surface area contributed by atoms with Gasteiger partial charge in [-0.05, 0) is 43.5 Å². The van der Waals surface area contributed by atoms with Crippen molar-refractivity contribution in [1.29, 1.82) is 0 Å². The van der Waals surface area contributed by atoms with Crippen LogP contribution in [0.15, 0.2) is 24.3 Å². The van der Waals surface area contributed by atoms with Crippen LogP contribution in [0.5, 0.6) is 5.75 Å². The molecule has 0 aromatic heterocycles. The first-order chi connectivity index (χ1) is 9.94. The summed E-state index contributed by atoms with van der Waals surface area (Å²) in [5.41, 5.74) is 0.579. The molecule has 1 fully saturated rings. The van der Waals surface area contributed by atoms with E-state index in [1.165, 1.54) is 24.3 Å². The molecule has 0 atom stereocenters. The third-order valence-corrected chi connectivity index (χ3v) is 3.24. The summed E-state index contributed by atoms with van der Waals surface area (Å²) in [7, 11) is 0. The normalized spacial score (nSPS) is 15.7. The molecule has 0 radical (unpaired) electrons. The summed E-state index contributed by atoms with van der Waals surface area (Å²) in [5, 5.41) is 2.90. The summed E-state index contributed by atoms with van der Waals surface area (Å²) in [5.74, 6) is -0.277. The third kappa shape index (κ3) is 5.17. The minimum atomic E-state index is -4.70. The number of likely N-dealkylation sites (tertiary alicyclic amines) is 1. The Kier molecular flexibility index (Phi) is 4.93. The Morgan fingerprint density at radius 2 is 1.76 bits per heavy atom. The molecular weight excluding hydrogens is 285 g/mol. The van der Waals surface area contributed by atoms with Gasteiger partial charge < -0.3 is 15.0 Å². The number of hydrogen-bond donors (Lipinski definition) is 1. The van der Waals surface area contributed by atoms with E-state index in [4.69, 9.17) is 0 Å². The van der Waals surface area contributed by atoms with E-state index in [0.717, 1.165) is 32.4 Å². The van der Waals surface area contributed by atoms with Crippen molar-refractivity contribution in [3.63, 3.8) is 0 Å². The van der Waals surface area contributed by atoms with Crippen molar-refractivity contribution in [3.8, 4) is 5.75 Å². The van der Waals surface area contributed by atoms with E-state index in [-0.39, 0.29) is 18.2 Å². The average Bonchev–Trinajstić information content (AvgIpc) is 2.45. The predicted octanol–water partition coefficient (Wildman–Crippen LogP) is 3.01. The monoisotopic (exact) mass is 302 g/mol. The van der Waals surface area contributed by atoms with Crippen LogP contribution in [0.3, 0.4) is 0 Å². The van der Waals surface area contributed by atoms with Crippen molar-refractivity contribution in [2.24, 2.45) is 0 Å². The number of nitrogens with one attached hydrogen (secondary N) is 1. The summed E-state index contributed by atoms with van der Waals surface area (Å²) in [6.07, 6.45) is -1.50. The molecule has 1 aliphatic heterocycles. The van der Waals surface area contributed by atoms with Crippen LogP contribution in [-0.2, 0) is 4.79 Å². The Hall–Kier alpha value is -1.92. The van der Waals surface area contributed by atoms with E-state index in [2.05, 4.69) is 10.1 Å². The molecule has 1 saturated heterocycles. The Morgan fingerprint density at radius 3 is 2.33 bits per heavy atom. The number of amides is 1. The first-order valence-electron chi connectivity index (χ1n) is 6.81. The lowest BCUT2D eigenvalue weighted by atomic mass is 10.1. The molecule has 1 amide bonds. The summed E-state index contributed by atoms with van der Waals surface area (Å²) >= 11 is 0. The van der Waals surface area contributed by atoms with Crippen LogP contribution in [-0.4, -0.2) is 36.8 Å². The Bertz CT molecular complexity index is 468. The van der Waals surface area contributed by atoms with E-state index < -0.39 is 6.36 Å². The highest BCUT2D eigenvalue weighted by Crippen LogP contribution is 2.23. The van der Waals surface area contributed by atoms with Crippen molar-refractivity contribution < 1.29 is 22.7 Å². The molecule has 0 unspecified atom stereocenters.